The lowest BCUT2D eigenvalue weighted by molar-refractivity contribution is 0.496. The predicted molar refractivity (Wildman–Crippen MR) is 61.7 cm³/mol. The normalized spacial score (nSPS) is 17.8. The fourth-order valence-corrected chi connectivity index (χ4v) is 2.14. The van der Waals surface area contributed by atoms with Crippen molar-refractivity contribution in [2.45, 2.75) is 58.2 Å². The van der Waals surface area contributed by atoms with E-state index < -0.39 is 0 Å². The Morgan fingerprint density at radius 3 is 2.80 bits per heavy atom. The van der Waals surface area contributed by atoms with E-state index in [9.17, 15) is 0 Å². The van der Waals surface area contributed by atoms with Crippen LogP contribution in [0.15, 0.2) is 12.3 Å². The summed E-state index contributed by atoms with van der Waals surface area (Å²) in [5.41, 5.74) is 1.16. The molecular weight excluding hydrogens is 186 g/mol. The maximum absolute atomic E-state index is 4.52. The first-order valence-electron chi connectivity index (χ1n) is 6.03. The zero-order chi connectivity index (χ0) is 10.7. The molecule has 0 amide bonds. The number of hydrogen-bond acceptors (Lipinski definition) is 2. The Hall–Kier alpha value is -0.830. The molecule has 0 unspecified atom stereocenters. The van der Waals surface area contributed by atoms with Crippen LogP contribution >= 0.6 is 0 Å². The monoisotopic (exact) mass is 207 g/mol. The van der Waals surface area contributed by atoms with Crippen LogP contribution in [0.25, 0.3) is 0 Å². The first kappa shape index (κ1) is 10.7. The molecule has 3 heteroatoms. The summed E-state index contributed by atoms with van der Waals surface area (Å²) in [4.78, 5) is 0. The van der Waals surface area contributed by atoms with Crippen LogP contribution in [0.2, 0.25) is 0 Å². The van der Waals surface area contributed by atoms with E-state index in [-0.39, 0.29) is 0 Å². The third-order valence-corrected chi connectivity index (χ3v) is 3.12. The van der Waals surface area contributed by atoms with Crippen LogP contribution in [0.3, 0.4) is 0 Å². The average molecular weight is 207 g/mol. The van der Waals surface area contributed by atoms with Crippen molar-refractivity contribution in [2.24, 2.45) is 0 Å². The fraction of sp³-hybridized carbons (Fsp3) is 0.750. The van der Waals surface area contributed by atoms with Gasteiger partial charge >= 0.3 is 0 Å². The summed E-state index contributed by atoms with van der Waals surface area (Å²) < 4.78 is 2.02. The van der Waals surface area contributed by atoms with Crippen LogP contribution < -0.4 is 5.32 Å². The molecular formula is C12H21N3. The van der Waals surface area contributed by atoms with E-state index in [0.717, 1.165) is 18.3 Å². The van der Waals surface area contributed by atoms with Gasteiger partial charge in [-0.2, -0.15) is 5.10 Å². The molecule has 0 aliphatic heterocycles. The highest BCUT2D eigenvalue weighted by atomic mass is 15.3. The maximum atomic E-state index is 4.52. The van der Waals surface area contributed by atoms with Gasteiger partial charge in [-0.3, -0.25) is 4.68 Å². The van der Waals surface area contributed by atoms with Gasteiger partial charge in [0.2, 0.25) is 0 Å². The summed E-state index contributed by atoms with van der Waals surface area (Å²) in [6.07, 6.45) is 7.52. The summed E-state index contributed by atoms with van der Waals surface area (Å²) >= 11 is 0. The van der Waals surface area contributed by atoms with Gasteiger partial charge in [-0.15, -0.1) is 0 Å². The zero-order valence-electron chi connectivity index (χ0n) is 9.74. The van der Waals surface area contributed by atoms with Crippen molar-refractivity contribution in [3.8, 4) is 0 Å². The molecule has 1 aromatic rings. The summed E-state index contributed by atoms with van der Waals surface area (Å²) in [5.74, 6) is 0. The van der Waals surface area contributed by atoms with Gasteiger partial charge in [0.05, 0.1) is 5.69 Å². The second kappa shape index (κ2) is 4.79. The number of nitrogens with one attached hydrogen (secondary N) is 1. The lowest BCUT2D eigenvalue weighted by Gasteiger charge is -2.10. The summed E-state index contributed by atoms with van der Waals surface area (Å²) in [6, 6.07) is 3.31. The number of hydrogen-bond donors (Lipinski definition) is 1. The van der Waals surface area contributed by atoms with Gasteiger partial charge in [-0.25, -0.2) is 0 Å². The maximum Gasteiger partial charge on any atom is 0.0762 e. The molecule has 1 aliphatic rings. The van der Waals surface area contributed by atoms with Crippen molar-refractivity contribution in [1.82, 2.24) is 15.1 Å². The molecule has 0 atom stereocenters. The van der Waals surface area contributed by atoms with Gasteiger partial charge in [0, 0.05) is 24.8 Å². The lowest BCUT2D eigenvalue weighted by atomic mass is 10.2. The van der Waals surface area contributed by atoms with Crippen LogP contribution in [0.5, 0.6) is 0 Å². The highest BCUT2D eigenvalue weighted by Gasteiger charge is 2.14. The Morgan fingerprint density at radius 1 is 1.47 bits per heavy atom. The van der Waals surface area contributed by atoms with E-state index in [2.05, 4.69) is 36.5 Å². The molecule has 0 aromatic carbocycles. The van der Waals surface area contributed by atoms with Gasteiger partial charge in [-0.1, -0.05) is 12.8 Å². The highest BCUT2D eigenvalue weighted by molar-refractivity contribution is 4.99. The zero-order valence-corrected chi connectivity index (χ0v) is 9.74. The molecule has 0 spiro atoms. The van der Waals surface area contributed by atoms with Crippen molar-refractivity contribution >= 4 is 0 Å². The smallest absolute Gasteiger partial charge is 0.0762 e. The van der Waals surface area contributed by atoms with E-state index in [1.54, 1.807) is 0 Å². The van der Waals surface area contributed by atoms with Crippen molar-refractivity contribution in [3.63, 3.8) is 0 Å². The third kappa shape index (κ3) is 2.81. The third-order valence-electron chi connectivity index (χ3n) is 3.12. The van der Waals surface area contributed by atoms with E-state index in [0.29, 0.717) is 6.04 Å². The quantitative estimate of drug-likeness (QED) is 0.822. The van der Waals surface area contributed by atoms with Gasteiger partial charge < -0.3 is 5.32 Å². The van der Waals surface area contributed by atoms with Crippen LogP contribution in [-0.2, 0) is 6.54 Å². The highest BCUT2D eigenvalue weighted by Crippen LogP contribution is 2.17. The van der Waals surface area contributed by atoms with Gasteiger partial charge in [-0.05, 0) is 32.8 Å². The molecule has 1 N–H and O–H groups in total. The first-order valence-corrected chi connectivity index (χ1v) is 6.03. The minimum atomic E-state index is 0.463. The molecule has 84 valence electrons. The average Bonchev–Trinajstić information content (AvgIpc) is 2.86. The second-order valence-electron chi connectivity index (χ2n) is 4.74. The molecule has 1 aliphatic carbocycles. The van der Waals surface area contributed by atoms with Crippen molar-refractivity contribution < 1.29 is 0 Å². The predicted octanol–water partition coefficient (Wildman–Crippen LogP) is 2.50. The molecule has 1 fully saturated rings. The molecule has 15 heavy (non-hydrogen) atoms. The molecule has 3 nitrogen and oxygen atoms in total. The van der Waals surface area contributed by atoms with E-state index >= 15 is 0 Å². The molecule has 2 rings (SSSR count). The number of nitrogens with zero attached hydrogens (tertiary/aromatic N) is 2. The Kier molecular flexibility index (Phi) is 3.41. The van der Waals surface area contributed by atoms with Crippen molar-refractivity contribution in [3.05, 3.63) is 18.0 Å². The topological polar surface area (TPSA) is 29.9 Å². The van der Waals surface area contributed by atoms with E-state index in [1.165, 1.54) is 25.7 Å². The lowest BCUT2D eigenvalue weighted by Crippen LogP contribution is -2.25. The van der Waals surface area contributed by atoms with Crippen LogP contribution in [0.1, 0.15) is 51.3 Å². The van der Waals surface area contributed by atoms with E-state index in [1.807, 2.05) is 4.68 Å². The summed E-state index contributed by atoms with van der Waals surface area (Å²) in [6.45, 7) is 5.23. The Labute approximate surface area is 91.9 Å². The standard InChI is InChI=1S/C12H21N3/c1-10(2)15-8-7-12(14-15)9-13-11-5-3-4-6-11/h7-8,10-11,13H,3-6,9H2,1-2H3. The van der Waals surface area contributed by atoms with Crippen molar-refractivity contribution in [1.29, 1.82) is 0 Å². The van der Waals surface area contributed by atoms with Crippen LogP contribution in [0.4, 0.5) is 0 Å². The molecule has 1 aromatic heterocycles. The Bertz CT molecular complexity index is 298. The SMILES string of the molecule is CC(C)n1ccc(CNC2CCCC2)n1. The second-order valence-corrected chi connectivity index (χ2v) is 4.74. The molecule has 1 saturated carbocycles. The molecule has 0 saturated heterocycles. The molecule has 0 bridgehead atoms. The van der Waals surface area contributed by atoms with Crippen LogP contribution in [0, 0.1) is 0 Å². The Morgan fingerprint density at radius 2 is 2.20 bits per heavy atom. The largest absolute Gasteiger partial charge is 0.308 e. The minimum absolute atomic E-state index is 0.463. The fourth-order valence-electron chi connectivity index (χ4n) is 2.14. The van der Waals surface area contributed by atoms with E-state index in [4.69, 9.17) is 0 Å². The van der Waals surface area contributed by atoms with Gasteiger partial charge in [0.15, 0.2) is 0 Å². The number of rotatable bonds is 4. The first-order chi connectivity index (χ1) is 7.25. The summed E-state index contributed by atoms with van der Waals surface area (Å²) in [5, 5.41) is 8.10. The molecule has 1 heterocycles. The minimum Gasteiger partial charge on any atom is -0.308 e. The summed E-state index contributed by atoms with van der Waals surface area (Å²) in [7, 11) is 0. The van der Waals surface area contributed by atoms with Crippen LogP contribution in [-0.4, -0.2) is 15.8 Å². The van der Waals surface area contributed by atoms with Crippen molar-refractivity contribution in [2.75, 3.05) is 0 Å². The number of aromatic nitrogens is 2. The molecule has 0 radical (unpaired) electrons. The van der Waals surface area contributed by atoms with Gasteiger partial charge in [0.25, 0.3) is 0 Å². The van der Waals surface area contributed by atoms with Gasteiger partial charge in [0.1, 0.15) is 0 Å². The Balaban J connectivity index is 1.82.